The summed E-state index contributed by atoms with van der Waals surface area (Å²) in [5.74, 6) is 0. The average Bonchev–Trinajstić information content (AvgIpc) is 2.90. The van der Waals surface area contributed by atoms with E-state index in [-0.39, 0.29) is 12.6 Å². The highest BCUT2D eigenvalue weighted by molar-refractivity contribution is 5.31. The number of hydrogen-bond acceptors (Lipinski definition) is 3. The van der Waals surface area contributed by atoms with Crippen LogP contribution in [0.25, 0.3) is 5.69 Å². The molecule has 18 heavy (non-hydrogen) atoms. The molecule has 4 nitrogen and oxygen atoms in total. The summed E-state index contributed by atoms with van der Waals surface area (Å²) in [5, 5.41) is 17.0. The van der Waals surface area contributed by atoms with Crippen molar-refractivity contribution in [3.05, 3.63) is 48.3 Å². The van der Waals surface area contributed by atoms with Crippen molar-refractivity contribution in [2.75, 3.05) is 13.2 Å². The molecule has 0 aliphatic rings. The molecule has 0 aliphatic heterocycles. The van der Waals surface area contributed by atoms with Gasteiger partial charge in [-0.1, -0.05) is 25.1 Å². The van der Waals surface area contributed by atoms with Crippen molar-refractivity contribution in [3.63, 3.8) is 0 Å². The first-order chi connectivity index (χ1) is 8.85. The quantitative estimate of drug-likeness (QED) is 0.817. The fourth-order valence-electron chi connectivity index (χ4n) is 1.84. The SMILES string of the molecule is CCCNC(CO)c1cnn(-c2ccccc2)c1. The van der Waals surface area contributed by atoms with Gasteiger partial charge in [0, 0.05) is 11.8 Å². The molecule has 2 rings (SSSR count). The molecule has 96 valence electrons. The third kappa shape index (κ3) is 2.97. The molecule has 0 fully saturated rings. The Labute approximate surface area is 107 Å². The van der Waals surface area contributed by atoms with Crippen LogP contribution in [0.15, 0.2) is 42.7 Å². The van der Waals surface area contributed by atoms with Gasteiger partial charge in [0.25, 0.3) is 0 Å². The van der Waals surface area contributed by atoms with Gasteiger partial charge < -0.3 is 10.4 Å². The minimum absolute atomic E-state index is 0.0394. The molecule has 0 saturated carbocycles. The molecule has 1 heterocycles. The summed E-state index contributed by atoms with van der Waals surface area (Å²) >= 11 is 0. The van der Waals surface area contributed by atoms with E-state index in [4.69, 9.17) is 0 Å². The minimum atomic E-state index is -0.0394. The van der Waals surface area contributed by atoms with Gasteiger partial charge in [-0.05, 0) is 25.1 Å². The number of aromatic nitrogens is 2. The van der Waals surface area contributed by atoms with Crippen molar-refractivity contribution in [2.24, 2.45) is 0 Å². The zero-order chi connectivity index (χ0) is 12.8. The standard InChI is InChI=1S/C14H19N3O/c1-2-8-15-14(11-18)12-9-16-17(10-12)13-6-4-3-5-7-13/h3-7,9-10,14-15,18H,2,8,11H2,1H3. The molecule has 1 unspecified atom stereocenters. The molecule has 0 bridgehead atoms. The van der Waals surface area contributed by atoms with Gasteiger partial charge in [0.05, 0.1) is 24.5 Å². The summed E-state index contributed by atoms with van der Waals surface area (Å²) in [5.41, 5.74) is 2.03. The fraction of sp³-hybridized carbons (Fsp3) is 0.357. The third-order valence-electron chi connectivity index (χ3n) is 2.85. The Bertz CT molecular complexity index is 467. The number of nitrogens with zero attached hydrogens (tertiary/aromatic N) is 2. The van der Waals surface area contributed by atoms with E-state index in [9.17, 15) is 5.11 Å². The minimum Gasteiger partial charge on any atom is -0.394 e. The lowest BCUT2D eigenvalue weighted by molar-refractivity contribution is 0.245. The Kier molecular flexibility index (Phi) is 4.50. The van der Waals surface area contributed by atoms with Gasteiger partial charge in [-0.15, -0.1) is 0 Å². The van der Waals surface area contributed by atoms with Crippen LogP contribution in [-0.4, -0.2) is 28.0 Å². The second kappa shape index (κ2) is 6.33. The second-order valence-electron chi connectivity index (χ2n) is 4.24. The number of hydrogen-bond donors (Lipinski definition) is 2. The lowest BCUT2D eigenvalue weighted by atomic mass is 10.2. The van der Waals surface area contributed by atoms with Crippen LogP contribution in [0, 0.1) is 0 Å². The van der Waals surface area contributed by atoms with Crippen LogP contribution >= 0.6 is 0 Å². The Morgan fingerprint density at radius 1 is 1.33 bits per heavy atom. The van der Waals surface area contributed by atoms with Gasteiger partial charge in [-0.25, -0.2) is 4.68 Å². The van der Waals surface area contributed by atoms with E-state index in [1.807, 2.05) is 41.2 Å². The number of benzene rings is 1. The Balaban J connectivity index is 2.14. The molecule has 0 saturated heterocycles. The maximum atomic E-state index is 9.39. The maximum absolute atomic E-state index is 9.39. The summed E-state index contributed by atoms with van der Waals surface area (Å²) in [7, 11) is 0. The number of aliphatic hydroxyl groups excluding tert-OH is 1. The maximum Gasteiger partial charge on any atom is 0.0645 e. The molecular formula is C14H19N3O. The molecule has 0 radical (unpaired) electrons. The largest absolute Gasteiger partial charge is 0.394 e. The van der Waals surface area contributed by atoms with E-state index in [0.717, 1.165) is 24.2 Å². The first-order valence-corrected chi connectivity index (χ1v) is 6.29. The van der Waals surface area contributed by atoms with Crippen LogP contribution < -0.4 is 5.32 Å². The van der Waals surface area contributed by atoms with Crippen molar-refractivity contribution in [1.82, 2.24) is 15.1 Å². The van der Waals surface area contributed by atoms with Crippen LogP contribution in [0.3, 0.4) is 0 Å². The van der Waals surface area contributed by atoms with Crippen LogP contribution in [0.5, 0.6) is 0 Å². The third-order valence-corrected chi connectivity index (χ3v) is 2.85. The van der Waals surface area contributed by atoms with E-state index >= 15 is 0 Å². The first-order valence-electron chi connectivity index (χ1n) is 6.29. The van der Waals surface area contributed by atoms with Gasteiger partial charge in [0.2, 0.25) is 0 Å². The van der Waals surface area contributed by atoms with Crippen LogP contribution in [0.1, 0.15) is 24.9 Å². The van der Waals surface area contributed by atoms with Crippen molar-refractivity contribution < 1.29 is 5.11 Å². The van der Waals surface area contributed by atoms with Crippen molar-refractivity contribution in [1.29, 1.82) is 0 Å². The van der Waals surface area contributed by atoms with Crippen LogP contribution in [-0.2, 0) is 0 Å². The monoisotopic (exact) mass is 245 g/mol. The molecule has 1 aromatic heterocycles. The average molecular weight is 245 g/mol. The lowest BCUT2D eigenvalue weighted by Gasteiger charge is -2.13. The first kappa shape index (κ1) is 12.8. The van der Waals surface area contributed by atoms with E-state index < -0.39 is 0 Å². The molecule has 0 aliphatic carbocycles. The highest BCUT2D eigenvalue weighted by Gasteiger charge is 2.11. The Morgan fingerprint density at radius 2 is 2.11 bits per heavy atom. The van der Waals surface area contributed by atoms with E-state index in [1.54, 1.807) is 6.20 Å². The number of aliphatic hydroxyl groups is 1. The van der Waals surface area contributed by atoms with Gasteiger partial charge in [-0.2, -0.15) is 5.10 Å². The molecular weight excluding hydrogens is 226 g/mol. The lowest BCUT2D eigenvalue weighted by Crippen LogP contribution is -2.24. The van der Waals surface area contributed by atoms with Crippen molar-refractivity contribution in [3.8, 4) is 5.69 Å². The van der Waals surface area contributed by atoms with E-state index in [2.05, 4.69) is 17.3 Å². The van der Waals surface area contributed by atoms with Gasteiger partial charge >= 0.3 is 0 Å². The van der Waals surface area contributed by atoms with E-state index in [0.29, 0.717) is 0 Å². The highest BCUT2D eigenvalue weighted by atomic mass is 16.3. The molecule has 2 aromatic rings. The Morgan fingerprint density at radius 3 is 2.78 bits per heavy atom. The van der Waals surface area contributed by atoms with Gasteiger partial charge in [-0.3, -0.25) is 0 Å². The summed E-state index contributed by atoms with van der Waals surface area (Å²) in [6.07, 6.45) is 4.80. The number of rotatable bonds is 6. The van der Waals surface area contributed by atoms with Gasteiger partial charge in [0.15, 0.2) is 0 Å². The van der Waals surface area contributed by atoms with E-state index in [1.165, 1.54) is 0 Å². The summed E-state index contributed by atoms with van der Waals surface area (Å²) in [6, 6.07) is 9.91. The smallest absolute Gasteiger partial charge is 0.0645 e. The van der Waals surface area contributed by atoms with Crippen LogP contribution in [0.4, 0.5) is 0 Å². The molecule has 0 spiro atoms. The molecule has 0 amide bonds. The highest BCUT2D eigenvalue weighted by Crippen LogP contribution is 2.14. The second-order valence-corrected chi connectivity index (χ2v) is 4.24. The topological polar surface area (TPSA) is 50.1 Å². The Hall–Kier alpha value is -1.65. The fourth-order valence-corrected chi connectivity index (χ4v) is 1.84. The number of para-hydroxylation sites is 1. The van der Waals surface area contributed by atoms with Gasteiger partial charge in [0.1, 0.15) is 0 Å². The molecule has 2 N–H and O–H groups in total. The zero-order valence-electron chi connectivity index (χ0n) is 10.6. The predicted octanol–water partition coefficient (Wildman–Crippen LogP) is 1.91. The normalized spacial score (nSPS) is 12.6. The molecule has 4 heteroatoms. The van der Waals surface area contributed by atoms with Crippen molar-refractivity contribution in [2.45, 2.75) is 19.4 Å². The summed E-state index contributed by atoms with van der Waals surface area (Å²) < 4.78 is 1.83. The molecule has 1 atom stereocenters. The predicted molar refractivity (Wildman–Crippen MR) is 71.7 cm³/mol. The van der Waals surface area contributed by atoms with Crippen LogP contribution in [0.2, 0.25) is 0 Å². The zero-order valence-corrected chi connectivity index (χ0v) is 10.6. The summed E-state index contributed by atoms with van der Waals surface area (Å²) in [4.78, 5) is 0. The number of nitrogens with one attached hydrogen (secondary N) is 1. The molecule has 1 aromatic carbocycles. The van der Waals surface area contributed by atoms with Crippen molar-refractivity contribution >= 4 is 0 Å². The summed E-state index contributed by atoms with van der Waals surface area (Å²) in [6.45, 7) is 3.08.